The number of aromatic nitrogens is 14. The molecule has 0 spiro atoms. The van der Waals surface area contributed by atoms with Gasteiger partial charge in [0, 0.05) is 106 Å². The molecule has 330 valence electrons. The Kier molecular flexibility index (Phi) is 11.9. The van der Waals surface area contributed by atoms with Gasteiger partial charge in [-0.15, -0.1) is 0 Å². The Balaban J connectivity index is 0.000000125. The molecule has 1 aliphatic rings. The molecule has 0 aliphatic carbocycles. The Bertz CT molecular complexity index is 3410. The lowest BCUT2D eigenvalue weighted by molar-refractivity contribution is 0.397. The maximum Gasteiger partial charge on any atom is 0.224 e. The number of methoxy groups -OCH3 is 3. The first-order valence-electron chi connectivity index (χ1n) is 20.4. The van der Waals surface area contributed by atoms with Gasteiger partial charge < -0.3 is 14.2 Å². The summed E-state index contributed by atoms with van der Waals surface area (Å²) in [5.74, 6) is 1.72. The molecule has 19 heteroatoms. The predicted octanol–water partition coefficient (Wildman–Crippen LogP) is 7.37. The van der Waals surface area contributed by atoms with Gasteiger partial charge in [-0.3, -0.25) is 33.7 Å². The van der Waals surface area contributed by atoms with Crippen molar-refractivity contribution in [2.24, 2.45) is 33.2 Å². The second-order valence-corrected chi connectivity index (χ2v) is 15.3. The lowest BCUT2D eigenvalue weighted by Gasteiger charge is -2.09. The summed E-state index contributed by atoms with van der Waals surface area (Å²) < 4.78 is 23.3. The highest BCUT2D eigenvalue weighted by Gasteiger charge is 2.24. The van der Waals surface area contributed by atoms with E-state index >= 15 is 0 Å². The fourth-order valence-corrected chi connectivity index (χ4v) is 7.87. The van der Waals surface area contributed by atoms with Crippen LogP contribution in [0.25, 0.3) is 66.8 Å². The highest BCUT2D eigenvalue weighted by molar-refractivity contribution is 6.29. The average Bonchev–Trinajstić information content (AvgIpc) is 4.21. The van der Waals surface area contributed by atoms with E-state index in [1.54, 1.807) is 91.0 Å². The van der Waals surface area contributed by atoms with E-state index < -0.39 is 0 Å². The number of ether oxygens (including phenoxy) is 3. The molecule has 0 atom stereocenters. The molecular formula is C47H42ClN15O3. The number of aliphatic imine (C=N–C) groups is 1. The Hall–Kier alpha value is -8.38. The minimum Gasteiger partial charge on any atom is -0.480 e. The summed E-state index contributed by atoms with van der Waals surface area (Å²) in [6, 6.07) is 17.4. The maximum absolute atomic E-state index is 5.93. The van der Waals surface area contributed by atoms with Gasteiger partial charge in [0.05, 0.1) is 84.7 Å². The quantitative estimate of drug-likeness (QED) is 0.138. The first-order chi connectivity index (χ1) is 32.1. The van der Waals surface area contributed by atoms with Crippen molar-refractivity contribution in [3.63, 3.8) is 0 Å². The zero-order chi connectivity index (χ0) is 45.9. The van der Waals surface area contributed by atoms with Gasteiger partial charge in [0.2, 0.25) is 17.6 Å². The molecule has 0 amide bonds. The molecule has 0 radical (unpaired) electrons. The topological polar surface area (TPSA) is 189 Å². The second kappa shape index (κ2) is 18.4. The van der Waals surface area contributed by atoms with Crippen molar-refractivity contribution in [3.05, 3.63) is 138 Å². The van der Waals surface area contributed by atoms with E-state index in [0.717, 1.165) is 89.2 Å². The van der Waals surface area contributed by atoms with Crippen LogP contribution in [0.2, 0.25) is 5.15 Å². The zero-order valence-electron chi connectivity index (χ0n) is 37.0. The smallest absolute Gasteiger partial charge is 0.224 e. The maximum atomic E-state index is 5.93. The van der Waals surface area contributed by atoms with E-state index in [4.69, 9.17) is 25.8 Å². The summed E-state index contributed by atoms with van der Waals surface area (Å²) in [7, 11) is 12.4. The summed E-state index contributed by atoms with van der Waals surface area (Å²) in [6.07, 6.45) is 17.9. The van der Waals surface area contributed by atoms with E-state index in [2.05, 4.69) is 55.3 Å². The van der Waals surface area contributed by atoms with Crippen LogP contribution in [0.1, 0.15) is 16.7 Å². The molecule has 11 heterocycles. The second-order valence-electron chi connectivity index (χ2n) is 14.9. The number of nitrogens with zero attached hydrogens (tertiary/aromatic N) is 15. The monoisotopic (exact) mass is 899 g/mol. The van der Waals surface area contributed by atoms with Gasteiger partial charge in [-0.05, 0) is 60.2 Å². The number of pyridine rings is 6. The molecule has 1 aliphatic heterocycles. The third kappa shape index (κ3) is 8.39. The van der Waals surface area contributed by atoms with Gasteiger partial charge in [-0.2, -0.15) is 20.4 Å². The summed E-state index contributed by atoms with van der Waals surface area (Å²) in [4.78, 5) is 30.4. The van der Waals surface area contributed by atoms with Crippen LogP contribution in [0, 0.1) is 0 Å². The summed E-state index contributed by atoms with van der Waals surface area (Å²) in [6.45, 7) is 0.647. The van der Waals surface area contributed by atoms with Crippen molar-refractivity contribution < 1.29 is 14.2 Å². The zero-order valence-corrected chi connectivity index (χ0v) is 37.7. The normalized spacial score (nSPS) is 11.7. The van der Waals surface area contributed by atoms with Gasteiger partial charge in [0.15, 0.2) is 0 Å². The molecule has 0 N–H and O–H groups in total. The molecule has 11 rings (SSSR count). The molecule has 0 bridgehead atoms. The Morgan fingerprint density at radius 2 is 0.985 bits per heavy atom. The lowest BCUT2D eigenvalue weighted by atomic mass is 10.0. The van der Waals surface area contributed by atoms with Crippen molar-refractivity contribution in [2.45, 2.75) is 6.54 Å². The molecular weight excluding hydrogens is 858 g/mol. The van der Waals surface area contributed by atoms with Crippen LogP contribution < -0.4 is 14.2 Å². The van der Waals surface area contributed by atoms with Gasteiger partial charge >= 0.3 is 0 Å². The third-order valence-electron chi connectivity index (χ3n) is 10.8. The Labute approximate surface area is 383 Å². The fourth-order valence-electron chi connectivity index (χ4n) is 7.70. The molecule has 0 unspecified atom stereocenters. The minimum atomic E-state index is 0.430. The number of aryl methyl sites for hydroxylation is 4. The average molecular weight is 900 g/mol. The minimum absolute atomic E-state index is 0.430. The molecule has 66 heavy (non-hydrogen) atoms. The van der Waals surface area contributed by atoms with E-state index in [0.29, 0.717) is 29.3 Å². The predicted molar refractivity (Wildman–Crippen MR) is 250 cm³/mol. The van der Waals surface area contributed by atoms with Crippen molar-refractivity contribution in [1.82, 2.24) is 69.0 Å². The number of hydrogen-bond acceptors (Lipinski definition) is 14. The van der Waals surface area contributed by atoms with Gasteiger partial charge in [0.1, 0.15) is 16.5 Å². The summed E-state index contributed by atoms with van der Waals surface area (Å²) >= 11 is 5.93. The molecule has 0 saturated heterocycles. The van der Waals surface area contributed by atoms with Gasteiger partial charge in [-0.1, -0.05) is 11.6 Å². The number of hydrogen-bond donors (Lipinski definition) is 0. The van der Waals surface area contributed by atoms with Crippen LogP contribution in [0.5, 0.6) is 17.6 Å². The number of halogens is 1. The highest BCUT2D eigenvalue weighted by Crippen LogP contribution is 2.36. The van der Waals surface area contributed by atoms with E-state index in [9.17, 15) is 0 Å². The van der Waals surface area contributed by atoms with Crippen LogP contribution in [-0.4, -0.2) is 96.1 Å². The van der Waals surface area contributed by atoms with E-state index in [1.807, 2.05) is 93.8 Å². The SMILES string of the molecule is COc1nccc2c1C(c1ccnc(-c3cnn(C)c3)c1)=NC2.COc1nccc2c1c(-c1ccnc(-c3cnn(C)c3)c1)nn2C.COc1nccc2c1c(-c1ccnc(Cl)c1)nn2C. The molecule has 0 saturated carbocycles. The molecule has 18 nitrogen and oxygen atoms in total. The van der Waals surface area contributed by atoms with Crippen molar-refractivity contribution >= 4 is 39.1 Å². The standard InChI is InChI=1S/C17H16N6O.C17H15N5O.C13H11ClN4O/c1-22-10-12(9-20-22)13-8-11(4-6-18-13)16-15-14(23(2)21-16)5-7-19-17(15)24-3;1-22-10-13(9-21-22)14-7-11(3-5-18-14)16-15-12(8-20-16)4-6-19-17(15)23-2;1-18-9-4-6-16-13(19-2)11(9)12(17-18)8-3-5-15-10(14)7-8/h4-10H,1-3H3;3-7,9-10H,8H2,1-2H3;3-7H,1-2H3. The molecule has 10 aromatic heterocycles. The third-order valence-corrected chi connectivity index (χ3v) is 11.0. The summed E-state index contributed by atoms with van der Waals surface area (Å²) in [5, 5.41) is 19.8. The van der Waals surface area contributed by atoms with Gasteiger partial charge in [-0.25, -0.2) is 19.9 Å². The fraction of sp³-hybridized carbons (Fsp3) is 0.170. The van der Waals surface area contributed by atoms with Crippen LogP contribution >= 0.6 is 11.6 Å². The first kappa shape index (κ1) is 42.9. The van der Waals surface area contributed by atoms with Crippen molar-refractivity contribution in [2.75, 3.05) is 21.3 Å². The first-order valence-corrected chi connectivity index (χ1v) is 20.8. The van der Waals surface area contributed by atoms with Crippen LogP contribution in [-0.2, 0) is 34.7 Å². The highest BCUT2D eigenvalue weighted by atomic mass is 35.5. The number of fused-ring (bicyclic) bond motifs is 3. The molecule has 10 aromatic rings. The Morgan fingerprint density at radius 1 is 0.515 bits per heavy atom. The summed E-state index contributed by atoms with van der Waals surface area (Å²) in [5.41, 5.74) is 13.0. The van der Waals surface area contributed by atoms with Crippen molar-refractivity contribution in [3.8, 4) is 62.7 Å². The molecule has 0 fully saturated rings. The van der Waals surface area contributed by atoms with Gasteiger partial charge in [0.25, 0.3) is 0 Å². The number of rotatable bonds is 8. The largest absolute Gasteiger partial charge is 0.480 e. The van der Waals surface area contributed by atoms with Crippen LogP contribution in [0.15, 0.2) is 122 Å². The van der Waals surface area contributed by atoms with Crippen LogP contribution in [0.4, 0.5) is 0 Å². The van der Waals surface area contributed by atoms with Crippen molar-refractivity contribution in [1.29, 1.82) is 0 Å². The van der Waals surface area contributed by atoms with E-state index in [1.165, 1.54) is 0 Å². The van der Waals surface area contributed by atoms with Crippen LogP contribution in [0.3, 0.4) is 0 Å². The Morgan fingerprint density at radius 3 is 1.50 bits per heavy atom. The molecule has 0 aromatic carbocycles. The lowest BCUT2D eigenvalue weighted by Crippen LogP contribution is -2.05. The van der Waals surface area contributed by atoms with E-state index in [-0.39, 0.29) is 0 Å².